The predicted octanol–water partition coefficient (Wildman–Crippen LogP) is 4.22. The lowest BCUT2D eigenvalue weighted by atomic mass is 10.1. The molecule has 1 aliphatic rings. The maximum Gasteiger partial charge on any atom is 0.239 e. The number of carbonyl (C=O) groups is 1. The lowest BCUT2D eigenvalue weighted by molar-refractivity contribution is -0.118. The van der Waals surface area contributed by atoms with E-state index < -0.39 is 0 Å². The molecule has 2 aromatic carbocycles. The molecule has 27 heavy (non-hydrogen) atoms. The zero-order valence-corrected chi connectivity index (χ0v) is 17.1. The van der Waals surface area contributed by atoms with Crippen molar-refractivity contribution < 1.29 is 4.79 Å². The van der Waals surface area contributed by atoms with Gasteiger partial charge in [0.25, 0.3) is 0 Å². The second-order valence-electron chi connectivity index (χ2n) is 6.17. The van der Waals surface area contributed by atoms with E-state index in [0.29, 0.717) is 21.6 Å². The molecule has 0 aromatic heterocycles. The van der Waals surface area contributed by atoms with Crippen LogP contribution in [0, 0.1) is 0 Å². The Kier molecular flexibility index (Phi) is 6.42. The molecule has 5 nitrogen and oxygen atoms in total. The highest BCUT2D eigenvalue weighted by Crippen LogP contribution is 2.28. The maximum atomic E-state index is 12.2. The van der Waals surface area contributed by atoms with Gasteiger partial charge in [-0.3, -0.25) is 4.79 Å². The Bertz CT molecular complexity index is 897. The van der Waals surface area contributed by atoms with Gasteiger partial charge in [-0.25, -0.2) is 0 Å². The van der Waals surface area contributed by atoms with Crippen LogP contribution in [0.25, 0.3) is 0 Å². The largest absolute Gasteiger partial charge is 0.378 e. The minimum Gasteiger partial charge on any atom is -0.378 e. The van der Waals surface area contributed by atoms with Crippen molar-refractivity contribution in [1.29, 1.82) is 0 Å². The van der Waals surface area contributed by atoms with Gasteiger partial charge in [0.1, 0.15) is 0 Å². The van der Waals surface area contributed by atoms with Crippen molar-refractivity contribution in [2.24, 2.45) is 10.2 Å². The lowest BCUT2D eigenvalue weighted by Gasteiger charge is -2.11. The minimum atomic E-state index is -0.294. The number of rotatable bonds is 5. The lowest BCUT2D eigenvalue weighted by Crippen LogP contribution is -2.26. The number of amidine groups is 1. The summed E-state index contributed by atoms with van der Waals surface area (Å²) in [6.45, 7) is 0. The van der Waals surface area contributed by atoms with Crippen molar-refractivity contribution in [2.45, 2.75) is 11.7 Å². The zero-order valence-electron chi connectivity index (χ0n) is 14.8. The smallest absolute Gasteiger partial charge is 0.239 e. The van der Waals surface area contributed by atoms with Crippen LogP contribution in [0.4, 0.5) is 5.69 Å². The fraction of sp³-hybridized carbons (Fsp3) is 0.211. The van der Waals surface area contributed by atoms with Gasteiger partial charge in [-0.15, -0.1) is 5.10 Å². The quantitative estimate of drug-likeness (QED) is 0.581. The fourth-order valence-electron chi connectivity index (χ4n) is 2.48. The van der Waals surface area contributed by atoms with E-state index in [1.165, 1.54) is 11.8 Å². The molecule has 8 heteroatoms. The van der Waals surface area contributed by atoms with Crippen LogP contribution in [0.1, 0.15) is 11.1 Å². The maximum absolute atomic E-state index is 12.2. The van der Waals surface area contributed by atoms with E-state index in [1.54, 1.807) is 18.3 Å². The van der Waals surface area contributed by atoms with Gasteiger partial charge in [-0.1, -0.05) is 53.2 Å². The molecule has 1 atom stereocenters. The second kappa shape index (κ2) is 8.78. The number of anilines is 1. The summed E-state index contributed by atoms with van der Waals surface area (Å²) in [6.07, 6.45) is 2.16. The number of halogens is 2. The topological polar surface area (TPSA) is 57.1 Å². The van der Waals surface area contributed by atoms with Crippen molar-refractivity contribution in [2.75, 3.05) is 19.0 Å². The number of carbonyl (C=O) groups excluding carboxylic acids is 1. The van der Waals surface area contributed by atoms with Crippen LogP contribution in [-0.4, -0.2) is 36.6 Å². The Hall–Kier alpha value is -2.02. The van der Waals surface area contributed by atoms with E-state index in [0.717, 1.165) is 16.8 Å². The Morgan fingerprint density at radius 1 is 1.19 bits per heavy atom. The zero-order chi connectivity index (χ0) is 19.4. The Labute approximate surface area is 172 Å². The Morgan fingerprint density at radius 3 is 2.59 bits per heavy atom. The second-order valence-corrected chi connectivity index (χ2v) is 8.21. The molecule has 1 aliphatic heterocycles. The van der Waals surface area contributed by atoms with E-state index in [1.807, 2.05) is 49.3 Å². The number of thioether (sulfide) groups is 1. The summed E-state index contributed by atoms with van der Waals surface area (Å²) < 4.78 is 0. The highest BCUT2D eigenvalue weighted by atomic mass is 35.5. The summed E-state index contributed by atoms with van der Waals surface area (Å²) in [6, 6.07) is 13.2. The molecule has 0 bridgehead atoms. The molecule has 0 aliphatic carbocycles. The standard InChI is InChI=1S/C19H18Cl2N4OS/c1-25(2)15-7-3-12(4-8-15)11-22-24-19-23-18(26)17(27-19)9-13-5-6-14(20)10-16(13)21/h3-8,10-11,17H,9H2,1-2H3,(H,23,24,26)/b22-11-. The molecular weight excluding hydrogens is 403 g/mol. The van der Waals surface area contributed by atoms with Crippen LogP contribution in [0.3, 0.4) is 0 Å². The summed E-state index contributed by atoms with van der Waals surface area (Å²) in [5.41, 5.74) is 2.92. The van der Waals surface area contributed by atoms with Crippen LogP contribution in [0.15, 0.2) is 52.7 Å². The minimum absolute atomic E-state index is 0.102. The van der Waals surface area contributed by atoms with E-state index in [9.17, 15) is 4.79 Å². The molecule has 3 rings (SSSR count). The predicted molar refractivity (Wildman–Crippen MR) is 115 cm³/mol. The Balaban J connectivity index is 1.62. The molecule has 1 heterocycles. The molecule has 1 unspecified atom stereocenters. The average molecular weight is 421 g/mol. The van der Waals surface area contributed by atoms with Crippen molar-refractivity contribution in [3.63, 3.8) is 0 Å². The normalized spacial score (nSPS) is 18.3. The number of nitrogens with one attached hydrogen (secondary N) is 1. The van der Waals surface area contributed by atoms with Gasteiger partial charge in [0.2, 0.25) is 5.91 Å². The van der Waals surface area contributed by atoms with Crippen molar-refractivity contribution in [3.05, 3.63) is 63.6 Å². The van der Waals surface area contributed by atoms with Gasteiger partial charge in [-0.2, -0.15) is 5.10 Å². The number of hydrogen-bond acceptors (Lipinski definition) is 5. The monoisotopic (exact) mass is 420 g/mol. The van der Waals surface area contributed by atoms with E-state index in [2.05, 4.69) is 15.5 Å². The van der Waals surface area contributed by atoms with Crippen LogP contribution in [-0.2, 0) is 11.2 Å². The first-order valence-electron chi connectivity index (χ1n) is 8.22. The van der Waals surface area contributed by atoms with Gasteiger partial charge in [0.15, 0.2) is 5.17 Å². The van der Waals surface area contributed by atoms with Crippen LogP contribution < -0.4 is 10.2 Å². The number of hydrogen-bond donors (Lipinski definition) is 1. The van der Waals surface area contributed by atoms with E-state index in [4.69, 9.17) is 23.2 Å². The van der Waals surface area contributed by atoms with E-state index >= 15 is 0 Å². The molecule has 140 valence electrons. The van der Waals surface area contributed by atoms with Gasteiger partial charge in [0, 0.05) is 29.8 Å². The fourth-order valence-corrected chi connectivity index (χ4v) is 3.92. The van der Waals surface area contributed by atoms with Crippen molar-refractivity contribution >= 4 is 57.9 Å². The highest BCUT2D eigenvalue weighted by Gasteiger charge is 2.30. The third-order valence-corrected chi connectivity index (χ3v) is 5.62. The first-order valence-corrected chi connectivity index (χ1v) is 9.86. The Morgan fingerprint density at radius 2 is 1.93 bits per heavy atom. The third kappa shape index (κ3) is 5.25. The van der Waals surface area contributed by atoms with Gasteiger partial charge < -0.3 is 10.2 Å². The number of amides is 1. The molecule has 0 radical (unpaired) electrons. The molecule has 1 saturated heterocycles. The third-order valence-electron chi connectivity index (χ3n) is 3.96. The summed E-state index contributed by atoms with van der Waals surface area (Å²) >= 11 is 13.4. The molecule has 1 amide bonds. The molecule has 2 aromatic rings. The van der Waals surface area contributed by atoms with Gasteiger partial charge in [0.05, 0.1) is 11.5 Å². The molecule has 0 saturated carbocycles. The SMILES string of the molecule is CN(C)c1ccc(/C=N\N=C2/NC(=O)C(Cc3ccc(Cl)cc3Cl)S2)cc1. The first-order chi connectivity index (χ1) is 12.9. The van der Waals surface area contributed by atoms with Crippen molar-refractivity contribution in [3.8, 4) is 0 Å². The molecule has 1 fully saturated rings. The summed E-state index contributed by atoms with van der Waals surface area (Å²) in [7, 11) is 3.98. The number of nitrogens with zero attached hydrogens (tertiary/aromatic N) is 3. The summed E-state index contributed by atoms with van der Waals surface area (Å²) in [5.74, 6) is -0.102. The molecule has 1 N–H and O–H groups in total. The van der Waals surface area contributed by atoms with Gasteiger partial charge >= 0.3 is 0 Å². The molecular formula is C19H18Cl2N4OS. The van der Waals surface area contributed by atoms with E-state index in [-0.39, 0.29) is 11.2 Å². The highest BCUT2D eigenvalue weighted by molar-refractivity contribution is 8.15. The van der Waals surface area contributed by atoms with Crippen molar-refractivity contribution in [1.82, 2.24) is 5.32 Å². The number of benzene rings is 2. The summed E-state index contributed by atoms with van der Waals surface area (Å²) in [5, 5.41) is 12.2. The first kappa shape index (κ1) is 19.7. The van der Waals surface area contributed by atoms with Crippen LogP contribution in [0.5, 0.6) is 0 Å². The van der Waals surface area contributed by atoms with Crippen LogP contribution in [0.2, 0.25) is 10.0 Å². The average Bonchev–Trinajstić information content (AvgIpc) is 2.97. The van der Waals surface area contributed by atoms with Crippen LogP contribution >= 0.6 is 35.0 Å². The summed E-state index contributed by atoms with van der Waals surface area (Å²) in [4.78, 5) is 14.2. The molecule has 0 spiro atoms. The van der Waals surface area contributed by atoms with Gasteiger partial charge in [-0.05, 0) is 41.8 Å².